The maximum absolute atomic E-state index is 12.1. The third kappa shape index (κ3) is 7.01. The highest BCUT2D eigenvalue weighted by molar-refractivity contribution is 14.0. The highest BCUT2D eigenvalue weighted by atomic mass is 127. The van der Waals surface area contributed by atoms with Crippen LogP contribution in [0, 0.1) is 11.8 Å². The van der Waals surface area contributed by atoms with Crippen molar-refractivity contribution >= 4 is 35.8 Å². The van der Waals surface area contributed by atoms with Crippen molar-refractivity contribution < 1.29 is 9.53 Å². The number of rotatable bonds is 5. The Bertz CT molecular complexity index is 582. The lowest BCUT2D eigenvalue weighted by Gasteiger charge is -2.37. The summed E-state index contributed by atoms with van der Waals surface area (Å²) in [5.74, 6) is 2.86. The molecular formula is C19H31IN4O2. The first-order chi connectivity index (χ1) is 12.0. The Hall–Kier alpha value is -1.51. The van der Waals surface area contributed by atoms with Crippen LogP contribution in [0.4, 0.5) is 0 Å². The van der Waals surface area contributed by atoms with Crippen molar-refractivity contribution in [2.24, 2.45) is 16.8 Å². The van der Waals surface area contributed by atoms with Gasteiger partial charge < -0.3 is 20.3 Å². The van der Waals surface area contributed by atoms with Gasteiger partial charge in [0.05, 0.1) is 13.7 Å². The molecule has 7 heteroatoms. The number of hydrogen-bond acceptors (Lipinski definition) is 3. The van der Waals surface area contributed by atoms with Gasteiger partial charge in [-0.15, -0.1) is 24.0 Å². The number of guanidine groups is 1. The van der Waals surface area contributed by atoms with Crippen molar-refractivity contribution in [2.45, 2.75) is 26.8 Å². The van der Waals surface area contributed by atoms with Crippen molar-refractivity contribution in [1.29, 1.82) is 0 Å². The SMILES string of the molecule is CN=C(NCC(=O)NCc1ccc(OC)cc1)N1CC(C)CC(C)C1.I. The van der Waals surface area contributed by atoms with E-state index in [1.807, 2.05) is 24.3 Å². The predicted octanol–water partition coefficient (Wildman–Crippen LogP) is 2.48. The van der Waals surface area contributed by atoms with Crippen LogP contribution < -0.4 is 15.4 Å². The summed E-state index contributed by atoms with van der Waals surface area (Å²) in [6.45, 7) is 7.22. The number of likely N-dealkylation sites (tertiary alicyclic amines) is 1. The zero-order chi connectivity index (χ0) is 18.2. The second-order valence-electron chi connectivity index (χ2n) is 6.88. The molecule has 26 heavy (non-hydrogen) atoms. The van der Waals surface area contributed by atoms with Crippen LogP contribution in [0.2, 0.25) is 0 Å². The average molecular weight is 474 g/mol. The third-order valence-corrected chi connectivity index (χ3v) is 4.44. The van der Waals surface area contributed by atoms with Gasteiger partial charge in [-0.1, -0.05) is 26.0 Å². The summed E-state index contributed by atoms with van der Waals surface area (Å²) in [5, 5.41) is 6.10. The maximum atomic E-state index is 12.1. The largest absolute Gasteiger partial charge is 0.497 e. The highest BCUT2D eigenvalue weighted by Crippen LogP contribution is 2.20. The van der Waals surface area contributed by atoms with E-state index in [0.717, 1.165) is 30.4 Å². The van der Waals surface area contributed by atoms with Crippen molar-refractivity contribution in [1.82, 2.24) is 15.5 Å². The topological polar surface area (TPSA) is 66.0 Å². The van der Waals surface area contributed by atoms with E-state index < -0.39 is 0 Å². The van der Waals surface area contributed by atoms with Crippen LogP contribution in [-0.4, -0.2) is 50.6 Å². The zero-order valence-electron chi connectivity index (χ0n) is 16.1. The number of methoxy groups -OCH3 is 1. The molecule has 2 rings (SSSR count). The van der Waals surface area contributed by atoms with E-state index in [-0.39, 0.29) is 36.4 Å². The van der Waals surface area contributed by atoms with Gasteiger partial charge in [0.1, 0.15) is 5.75 Å². The van der Waals surface area contributed by atoms with Gasteiger partial charge in [0.15, 0.2) is 5.96 Å². The van der Waals surface area contributed by atoms with E-state index in [0.29, 0.717) is 18.4 Å². The second kappa shape index (κ2) is 11.3. The smallest absolute Gasteiger partial charge is 0.239 e. The molecule has 2 atom stereocenters. The number of benzene rings is 1. The monoisotopic (exact) mass is 474 g/mol. The van der Waals surface area contributed by atoms with Gasteiger partial charge in [-0.05, 0) is 36.0 Å². The lowest BCUT2D eigenvalue weighted by molar-refractivity contribution is -0.120. The van der Waals surface area contributed by atoms with E-state index in [1.54, 1.807) is 14.2 Å². The number of carbonyl (C=O) groups excluding carboxylic acids is 1. The van der Waals surface area contributed by atoms with Gasteiger partial charge in [-0.25, -0.2) is 0 Å². The number of hydrogen-bond donors (Lipinski definition) is 2. The Balaban J connectivity index is 0.00000338. The van der Waals surface area contributed by atoms with Gasteiger partial charge in [0.25, 0.3) is 0 Å². The van der Waals surface area contributed by atoms with E-state index in [9.17, 15) is 4.79 Å². The Morgan fingerprint density at radius 1 is 1.19 bits per heavy atom. The normalized spacial score (nSPS) is 20.2. The first kappa shape index (κ1) is 22.5. The minimum absolute atomic E-state index is 0. The van der Waals surface area contributed by atoms with Crippen molar-refractivity contribution in [3.8, 4) is 5.75 Å². The van der Waals surface area contributed by atoms with E-state index >= 15 is 0 Å². The molecule has 1 saturated heterocycles. The van der Waals surface area contributed by atoms with Gasteiger partial charge in [0, 0.05) is 26.7 Å². The zero-order valence-corrected chi connectivity index (χ0v) is 18.4. The molecule has 0 saturated carbocycles. The van der Waals surface area contributed by atoms with Gasteiger partial charge in [0.2, 0.25) is 5.91 Å². The number of nitrogens with zero attached hydrogens (tertiary/aromatic N) is 2. The number of piperidine rings is 1. The molecule has 2 unspecified atom stereocenters. The first-order valence-electron chi connectivity index (χ1n) is 8.87. The standard InChI is InChI=1S/C19H30N4O2.HI/c1-14-9-15(2)13-23(12-14)19(20-3)22-11-18(24)21-10-16-5-7-17(25-4)8-6-16;/h5-8,14-15H,9-13H2,1-4H3,(H,20,22)(H,21,24);1H. The molecule has 146 valence electrons. The van der Waals surface area contributed by atoms with Gasteiger partial charge in [-0.3, -0.25) is 9.79 Å². The molecule has 0 radical (unpaired) electrons. The summed E-state index contributed by atoms with van der Waals surface area (Å²) in [5.41, 5.74) is 1.04. The van der Waals surface area contributed by atoms with Crippen molar-refractivity contribution in [3.63, 3.8) is 0 Å². The van der Waals surface area contributed by atoms with Crippen LogP contribution >= 0.6 is 24.0 Å². The molecule has 1 fully saturated rings. The Labute approximate surface area is 173 Å². The number of carbonyl (C=O) groups is 1. The van der Waals surface area contributed by atoms with Crippen LogP contribution in [0.25, 0.3) is 0 Å². The van der Waals surface area contributed by atoms with Crippen LogP contribution in [0.15, 0.2) is 29.3 Å². The summed E-state index contributed by atoms with van der Waals surface area (Å²) in [6.07, 6.45) is 1.25. The molecular weight excluding hydrogens is 443 g/mol. The molecule has 0 spiro atoms. The highest BCUT2D eigenvalue weighted by Gasteiger charge is 2.24. The predicted molar refractivity (Wildman–Crippen MR) is 116 cm³/mol. The number of ether oxygens (including phenoxy) is 1. The fourth-order valence-electron chi connectivity index (χ4n) is 3.33. The Morgan fingerprint density at radius 2 is 1.81 bits per heavy atom. The molecule has 0 aliphatic carbocycles. The average Bonchev–Trinajstić information content (AvgIpc) is 2.60. The second-order valence-corrected chi connectivity index (χ2v) is 6.88. The number of nitrogens with one attached hydrogen (secondary N) is 2. The van der Waals surface area contributed by atoms with Crippen molar-refractivity contribution in [2.75, 3.05) is 33.8 Å². The number of halogens is 1. The molecule has 1 heterocycles. The number of aliphatic imine (C=N–C) groups is 1. The maximum Gasteiger partial charge on any atom is 0.239 e. The lowest BCUT2D eigenvalue weighted by atomic mass is 9.92. The molecule has 6 nitrogen and oxygen atoms in total. The summed E-state index contributed by atoms with van der Waals surface area (Å²) < 4.78 is 5.13. The first-order valence-corrected chi connectivity index (χ1v) is 8.87. The van der Waals surface area contributed by atoms with Crippen molar-refractivity contribution in [3.05, 3.63) is 29.8 Å². The minimum Gasteiger partial charge on any atom is -0.497 e. The fraction of sp³-hybridized carbons (Fsp3) is 0.579. The summed E-state index contributed by atoms with van der Waals surface area (Å²) in [4.78, 5) is 18.7. The lowest BCUT2D eigenvalue weighted by Crippen LogP contribution is -2.50. The fourth-order valence-corrected chi connectivity index (χ4v) is 3.33. The molecule has 0 bridgehead atoms. The van der Waals surface area contributed by atoms with Crippen LogP contribution in [0.5, 0.6) is 5.75 Å². The Kier molecular flexibility index (Phi) is 9.75. The minimum atomic E-state index is -0.0462. The van der Waals surface area contributed by atoms with Crippen LogP contribution in [0.1, 0.15) is 25.8 Å². The van der Waals surface area contributed by atoms with Crippen LogP contribution in [-0.2, 0) is 11.3 Å². The summed E-state index contributed by atoms with van der Waals surface area (Å²) in [6, 6.07) is 7.67. The van der Waals surface area contributed by atoms with Crippen LogP contribution in [0.3, 0.4) is 0 Å². The van der Waals surface area contributed by atoms with Gasteiger partial charge in [-0.2, -0.15) is 0 Å². The summed E-state index contributed by atoms with van der Waals surface area (Å²) in [7, 11) is 3.40. The third-order valence-electron chi connectivity index (χ3n) is 4.44. The molecule has 0 aromatic heterocycles. The van der Waals surface area contributed by atoms with E-state index in [1.165, 1.54) is 6.42 Å². The molecule has 2 N–H and O–H groups in total. The van der Waals surface area contributed by atoms with Gasteiger partial charge >= 0.3 is 0 Å². The number of amides is 1. The molecule has 1 aliphatic heterocycles. The summed E-state index contributed by atoms with van der Waals surface area (Å²) >= 11 is 0. The Morgan fingerprint density at radius 3 is 2.35 bits per heavy atom. The molecule has 1 aliphatic rings. The molecule has 1 aromatic rings. The quantitative estimate of drug-likeness (QED) is 0.391. The molecule has 1 amide bonds. The van der Waals surface area contributed by atoms with E-state index in [4.69, 9.17) is 4.74 Å². The molecule has 1 aromatic carbocycles. The van der Waals surface area contributed by atoms with E-state index in [2.05, 4.69) is 34.4 Å².